The monoisotopic (exact) mass is 328 g/mol. The first-order chi connectivity index (χ1) is 10.6. The molecular weight excluding hydrogens is 304 g/mol. The Hall–Kier alpha value is -0.970. The molecule has 0 saturated heterocycles. The fourth-order valence-electron chi connectivity index (χ4n) is 5.10. The van der Waals surface area contributed by atoms with Crippen molar-refractivity contribution in [3.63, 3.8) is 0 Å². The Morgan fingerprint density at radius 2 is 1.55 bits per heavy atom. The van der Waals surface area contributed by atoms with E-state index < -0.39 is 6.09 Å². The standard InChI is InChI=1S/C16H25ClN2O3/c17-1-4-22-15(21)19-3-2-18-14(20)16-8-11-5-12(9-16)7-13(6-11)10-16/h11-13H,1-10H2,(H,18,20)(H,19,21). The van der Waals surface area contributed by atoms with Crippen molar-refractivity contribution < 1.29 is 14.3 Å². The average molecular weight is 329 g/mol. The number of alkyl halides is 1. The summed E-state index contributed by atoms with van der Waals surface area (Å²) < 4.78 is 4.80. The molecule has 4 fully saturated rings. The van der Waals surface area contributed by atoms with Crippen LogP contribution >= 0.6 is 11.6 Å². The summed E-state index contributed by atoms with van der Waals surface area (Å²) in [6.45, 7) is 1.04. The van der Waals surface area contributed by atoms with Gasteiger partial charge in [-0.2, -0.15) is 0 Å². The van der Waals surface area contributed by atoms with Crippen LogP contribution in [-0.2, 0) is 9.53 Å². The molecule has 2 N–H and O–H groups in total. The van der Waals surface area contributed by atoms with Crippen molar-refractivity contribution in [3.8, 4) is 0 Å². The van der Waals surface area contributed by atoms with Gasteiger partial charge in [0.15, 0.2) is 0 Å². The fraction of sp³-hybridized carbons (Fsp3) is 0.875. The van der Waals surface area contributed by atoms with Crippen molar-refractivity contribution in [2.24, 2.45) is 23.2 Å². The van der Waals surface area contributed by atoms with E-state index in [0.29, 0.717) is 13.1 Å². The maximum Gasteiger partial charge on any atom is 0.407 e. The zero-order valence-electron chi connectivity index (χ0n) is 12.9. The van der Waals surface area contributed by atoms with Crippen LogP contribution in [0, 0.1) is 23.2 Å². The van der Waals surface area contributed by atoms with Crippen molar-refractivity contribution in [3.05, 3.63) is 0 Å². The van der Waals surface area contributed by atoms with Gasteiger partial charge in [-0.15, -0.1) is 11.6 Å². The van der Waals surface area contributed by atoms with Gasteiger partial charge < -0.3 is 15.4 Å². The molecule has 0 aliphatic heterocycles. The molecule has 22 heavy (non-hydrogen) atoms. The van der Waals surface area contributed by atoms with Gasteiger partial charge in [-0.3, -0.25) is 4.79 Å². The number of hydrogen-bond acceptors (Lipinski definition) is 3. The summed E-state index contributed by atoms with van der Waals surface area (Å²) >= 11 is 5.44. The van der Waals surface area contributed by atoms with E-state index in [4.69, 9.17) is 16.3 Å². The van der Waals surface area contributed by atoms with Crippen LogP contribution in [0.3, 0.4) is 0 Å². The topological polar surface area (TPSA) is 67.4 Å². The average Bonchev–Trinajstić information content (AvgIpc) is 2.48. The van der Waals surface area contributed by atoms with E-state index in [2.05, 4.69) is 10.6 Å². The summed E-state index contributed by atoms with van der Waals surface area (Å²) in [6.07, 6.45) is 6.72. The Bertz CT molecular complexity index is 406. The van der Waals surface area contributed by atoms with Gasteiger partial charge in [-0.05, 0) is 56.3 Å². The molecule has 4 aliphatic rings. The molecule has 0 atom stereocenters. The van der Waals surface area contributed by atoms with Crippen LogP contribution < -0.4 is 10.6 Å². The van der Waals surface area contributed by atoms with Gasteiger partial charge in [0.05, 0.1) is 5.88 Å². The normalized spacial score (nSPS) is 35.2. The number of rotatable bonds is 6. The van der Waals surface area contributed by atoms with Crippen molar-refractivity contribution in [2.45, 2.75) is 38.5 Å². The van der Waals surface area contributed by atoms with Crippen LogP contribution in [0.1, 0.15) is 38.5 Å². The molecule has 0 aromatic heterocycles. The minimum Gasteiger partial charge on any atom is -0.448 e. The molecule has 5 nitrogen and oxygen atoms in total. The summed E-state index contributed by atoms with van der Waals surface area (Å²) in [4.78, 5) is 23.9. The van der Waals surface area contributed by atoms with E-state index in [1.807, 2.05) is 0 Å². The highest BCUT2D eigenvalue weighted by molar-refractivity contribution is 6.18. The molecule has 4 bridgehead atoms. The highest BCUT2D eigenvalue weighted by atomic mass is 35.5. The predicted molar refractivity (Wildman–Crippen MR) is 83.7 cm³/mol. The lowest BCUT2D eigenvalue weighted by molar-refractivity contribution is -0.146. The Labute approximate surface area is 136 Å². The zero-order valence-corrected chi connectivity index (χ0v) is 13.7. The number of hydrogen-bond donors (Lipinski definition) is 2. The van der Waals surface area contributed by atoms with Crippen LogP contribution in [0.5, 0.6) is 0 Å². The van der Waals surface area contributed by atoms with E-state index in [-0.39, 0.29) is 23.8 Å². The number of nitrogens with one attached hydrogen (secondary N) is 2. The summed E-state index contributed by atoms with van der Waals surface area (Å²) in [6, 6.07) is 0. The lowest BCUT2D eigenvalue weighted by Gasteiger charge is -2.55. The van der Waals surface area contributed by atoms with E-state index >= 15 is 0 Å². The second kappa shape index (κ2) is 6.65. The predicted octanol–water partition coefficient (Wildman–Crippen LogP) is 2.28. The number of carbonyl (C=O) groups is 2. The van der Waals surface area contributed by atoms with E-state index in [1.165, 1.54) is 19.3 Å². The van der Waals surface area contributed by atoms with Gasteiger partial charge >= 0.3 is 6.09 Å². The van der Waals surface area contributed by atoms with Crippen LogP contribution in [0.25, 0.3) is 0 Å². The number of ether oxygens (including phenoxy) is 1. The summed E-state index contributed by atoms with van der Waals surface area (Å²) in [7, 11) is 0. The Morgan fingerprint density at radius 3 is 2.09 bits per heavy atom. The summed E-state index contributed by atoms with van der Waals surface area (Å²) in [5, 5.41) is 5.63. The third kappa shape index (κ3) is 3.34. The molecule has 0 spiro atoms. The third-order valence-corrected chi connectivity index (χ3v) is 5.66. The van der Waals surface area contributed by atoms with Crippen molar-refractivity contribution in [1.29, 1.82) is 0 Å². The van der Waals surface area contributed by atoms with E-state index in [0.717, 1.165) is 37.0 Å². The molecular formula is C16H25ClN2O3. The minimum atomic E-state index is -0.482. The molecule has 0 radical (unpaired) electrons. The lowest BCUT2D eigenvalue weighted by atomic mass is 9.49. The molecule has 0 heterocycles. The van der Waals surface area contributed by atoms with Crippen molar-refractivity contribution in [1.82, 2.24) is 10.6 Å². The quantitative estimate of drug-likeness (QED) is 0.580. The van der Waals surface area contributed by atoms with Crippen LogP contribution in [0.2, 0.25) is 0 Å². The highest BCUT2D eigenvalue weighted by Crippen LogP contribution is 2.60. The van der Waals surface area contributed by atoms with Gasteiger partial charge in [0.2, 0.25) is 5.91 Å². The molecule has 4 aliphatic carbocycles. The molecule has 6 heteroatoms. The molecule has 4 rings (SSSR count). The SMILES string of the molecule is O=C(NCCNC(=O)C12CC3CC(CC(C3)C1)C2)OCCCl. The molecule has 2 amide bonds. The Morgan fingerprint density at radius 1 is 1.00 bits per heavy atom. The van der Waals surface area contributed by atoms with Gasteiger partial charge in [0, 0.05) is 18.5 Å². The highest BCUT2D eigenvalue weighted by Gasteiger charge is 2.54. The molecule has 0 aromatic rings. The number of alkyl carbamates (subject to hydrolysis) is 1. The van der Waals surface area contributed by atoms with Crippen molar-refractivity contribution in [2.75, 3.05) is 25.6 Å². The smallest absolute Gasteiger partial charge is 0.407 e. The Kier molecular flexibility index (Phi) is 4.81. The molecule has 4 saturated carbocycles. The minimum absolute atomic E-state index is 0.117. The largest absolute Gasteiger partial charge is 0.448 e. The van der Waals surface area contributed by atoms with Crippen LogP contribution in [-0.4, -0.2) is 37.6 Å². The van der Waals surface area contributed by atoms with Gasteiger partial charge in [-0.1, -0.05) is 0 Å². The summed E-state index contributed by atoms with van der Waals surface area (Å²) in [5.74, 6) is 2.78. The molecule has 124 valence electrons. The fourth-order valence-corrected chi connectivity index (χ4v) is 5.18. The maximum absolute atomic E-state index is 12.6. The number of halogens is 1. The van der Waals surface area contributed by atoms with Gasteiger partial charge in [0.1, 0.15) is 6.61 Å². The Balaban J connectivity index is 1.42. The first-order valence-corrected chi connectivity index (χ1v) is 8.89. The van der Waals surface area contributed by atoms with Crippen LogP contribution in [0.15, 0.2) is 0 Å². The summed E-state index contributed by atoms with van der Waals surface area (Å²) in [5.41, 5.74) is -0.117. The van der Waals surface area contributed by atoms with E-state index in [1.54, 1.807) is 0 Å². The second-order valence-electron chi connectivity index (χ2n) is 7.21. The molecule has 0 unspecified atom stereocenters. The van der Waals surface area contributed by atoms with Gasteiger partial charge in [0.25, 0.3) is 0 Å². The van der Waals surface area contributed by atoms with Crippen LogP contribution in [0.4, 0.5) is 4.79 Å². The number of amides is 2. The third-order valence-electron chi connectivity index (χ3n) is 5.51. The molecule has 0 aromatic carbocycles. The van der Waals surface area contributed by atoms with Crippen molar-refractivity contribution >= 4 is 23.6 Å². The number of carbonyl (C=O) groups excluding carboxylic acids is 2. The second-order valence-corrected chi connectivity index (χ2v) is 7.58. The van der Waals surface area contributed by atoms with E-state index in [9.17, 15) is 9.59 Å². The maximum atomic E-state index is 12.6. The first-order valence-electron chi connectivity index (χ1n) is 8.36. The van der Waals surface area contributed by atoms with Gasteiger partial charge in [-0.25, -0.2) is 4.79 Å². The lowest BCUT2D eigenvalue weighted by Crippen LogP contribution is -2.54. The zero-order chi connectivity index (χ0) is 15.6. The first kappa shape index (κ1) is 15.9.